The van der Waals surface area contributed by atoms with Gasteiger partial charge >= 0.3 is 11.9 Å². The summed E-state index contributed by atoms with van der Waals surface area (Å²) < 4.78 is 9.42. The van der Waals surface area contributed by atoms with Gasteiger partial charge in [0.25, 0.3) is 0 Å². The molecule has 0 aromatic rings. The standard InChI is InChI=1S/C12H18O4/c1-5-6-8-7(2)9(11(13)15-3)10(8)12(14)16-4/h9-10H,5-6H2,1-4H3/t9-,10-/m0/s1. The molecule has 0 heterocycles. The van der Waals surface area contributed by atoms with E-state index in [1.54, 1.807) is 0 Å². The van der Waals surface area contributed by atoms with Crippen molar-refractivity contribution in [2.24, 2.45) is 11.8 Å². The molecule has 0 aromatic carbocycles. The Labute approximate surface area is 95.6 Å². The van der Waals surface area contributed by atoms with Gasteiger partial charge in [0.2, 0.25) is 0 Å². The Morgan fingerprint density at radius 1 is 1.12 bits per heavy atom. The van der Waals surface area contributed by atoms with Crippen LogP contribution in [0, 0.1) is 11.8 Å². The summed E-state index contributed by atoms with van der Waals surface area (Å²) in [6.07, 6.45) is 1.78. The van der Waals surface area contributed by atoms with Crippen LogP contribution in [0.1, 0.15) is 26.7 Å². The fourth-order valence-corrected chi connectivity index (χ4v) is 2.27. The lowest BCUT2D eigenvalue weighted by Gasteiger charge is -2.37. The van der Waals surface area contributed by atoms with Gasteiger partial charge in [0, 0.05) is 0 Å². The summed E-state index contributed by atoms with van der Waals surface area (Å²) >= 11 is 0. The third kappa shape index (κ3) is 1.96. The molecule has 0 fully saturated rings. The fraction of sp³-hybridized carbons (Fsp3) is 0.667. The summed E-state index contributed by atoms with van der Waals surface area (Å²) in [5.74, 6) is -1.58. The number of methoxy groups -OCH3 is 2. The Balaban J connectivity index is 2.94. The molecular weight excluding hydrogens is 208 g/mol. The van der Waals surface area contributed by atoms with E-state index >= 15 is 0 Å². The number of hydrogen-bond donors (Lipinski definition) is 0. The lowest BCUT2D eigenvalue weighted by atomic mass is 9.67. The van der Waals surface area contributed by atoms with Gasteiger partial charge in [-0.15, -0.1) is 0 Å². The summed E-state index contributed by atoms with van der Waals surface area (Å²) in [5.41, 5.74) is 1.99. The number of hydrogen-bond acceptors (Lipinski definition) is 4. The lowest BCUT2D eigenvalue weighted by molar-refractivity contribution is -0.156. The van der Waals surface area contributed by atoms with E-state index in [-0.39, 0.29) is 11.9 Å². The van der Waals surface area contributed by atoms with E-state index in [1.807, 2.05) is 13.8 Å². The van der Waals surface area contributed by atoms with Gasteiger partial charge in [-0.25, -0.2) is 0 Å². The van der Waals surface area contributed by atoms with Crippen LogP contribution in [0.5, 0.6) is 0 Å². The molecule has 2 atom stereocenters. The van der Waals surface area contributed by atoms with Crippen LogP contribution in [0.4, 0.5) is 0 Å². The topological polar surface area (TPSA) is 52.6 Å². The van der Waals surface area contributed by atoms with Crippen LogP contribution < -0.4 is 0 Å². The summed E-state index contributed by atoms with van der Waals surface area (Å²) in [6.45, 7) is 3.92. The average Bonchev–Trinajstić information content (AvgIpc) is 2.30. The minimum atomic E-state index is -0.445. The highest BCUT2D eigenvalue weighted by molar-refractivity contribution is 5.90. The largest absolute Gasteiger partial charge is 0.469 e. The highest BCUT2D eigenvalue weighted by Gasteiger charge is 2.47. The molecule has 0 N–H and O–H groups in total. The molecule has 90 valence electrons. The second-order valence-electron chi connectivity index (χ2n) is 3.96. The summed E-state index contributed by atoms with van der Waals surface area (Å²) in [5, 5.41) is 0. The van der Waals surface area contributed by atoms with Gasteiger partial charge in [-0.3, -0.25) is 9.59 Å². The lowest BCUT2D eigenvalue weighted by Crippen LogP contribution is -2.42. The van der Waals surface area contributed by atoms with Gasteiger partial charge in [-0.1, -0.05) is 24.5 Å². The van der Waals surface area contributed by atoms with Gasteiger partial charge in [0.15, 0.2) is 0 Å². The van der Waals surface area contributed by atoms with Crippen molar-refractivity contribution in [3.8, 4) is 0 Å². The minimum absolute atomic E-state index is 0.343. The van der Waals surface area contributed by atoms with Crippen LogP contribution in [-0.2, 0) is 19.1 Å². The SMILES string of the molecule is CCCC1=C(C)[C@H](C(=O)OC)[C@H]1C(=O)OC. The molecule has 0 amide bonds. The Kier molecular flexibility index (Phi) is 4.10. The van der Waals surface area contributed by atoms with Gasteiger partial charge < -0.3 is 9.47 Å². The van der Waals surface area contributed by atoms with Crippen molar-refractivity contribution < 1.29 is 19.1 Å². The Morgan fingerprint density at radius 3 is 2.06 bits per heavy atom. The zero-order valence-electron chi connectivity index (χ0n) is 10.2. The number of esters is 2. The first kappa shape index (κ1) is 12.7. The van der Waals surface area contributed by atoms with Gasteiger partial charge in [-0.2, -0.15) is 0 Å². The maximum Gasteiger partial charge on any atom is 0.314 e. The zero-order chi connectivity index (χ0) is 12.3. The number of rotatable bonds is 4. The molecule has 0 aromatic heterocycles. The molecule has 0 aliphatic heterocycles. The van der Waals surface area contributed by atoms with Crippen molar-refractivity contribution in [2.45, 2.75) is 26.7 Å². The third-order valence-corrected chi connectivity index (χ3v) is 3.11. The predicted octanol–water partition coefficient (Wildman–Crippen LogP) is 1.70. The van der Waals surface area contributed by atoms with E-state index in [2.05, 4.69) is 0 Å². The summed E-state index contributed by atoms with van der Waals surface area (Å²) in [4.78, 5) is 23.1. The Hall–Kier alpha value is -1.32. The van der Waals surface area contributed by atoms with Crippen molar-refractivity contribution in [1.29, 1.82) is 0 Å². The first-order chi connectivity index (χ1) is 7.58. The molecule has 0 saturated carbocycles. The third-order valence-electron chi connectivity index (χ3n) is 3.11. The van der Waals surface area contributed by atoms with Crippen molar-refractivity contribution in [2.75, 3.05) is 14.2 Å². The van der Waals surface area contributed by atoms with Crippen LogP contribution in [0.25, 0.3) is 0 Å². The van der Waals surface area contributed by atoms with Crippen LogP contribution in [0.15, 0.2) is 11.1 Å². The molecule has 4 nitrogen and oxygen atoms in total. The predicted molar refractivity (Wildman–Crippen MR) is 58.6 cm³/mol. The van der Waals surface area contributed by atoms with Crippen molar-refractivity contribution >= 4 is 11.9 Å². The van der Waals surface area contributed by atoms with Crippen LogP contribution in [0.2, 0.25) is 0 Å². The molecule has 16 heavy (non-hydrogen) atoms. The van der Waals surface area contributed by atoms with E-state index < -0.39 is 11.8 Å². The highest BCUT2D eigenvalue weighted by Crippen LogP contribution is 2.44. The molecule has 1 aliphatic rings. The number of ether oxygens (including phenoxy) is 2. The van der Waals surface area contributed by atoms with E-state index in [0.717, 1.165) is 24.0 Å². The molecule has 0 spiro atoms. The van der Waals surface area contributed by atoms with Crippen molar-refractivity contribution in [3.05, 3.63) is 11.1 Å². The summed E-state index contributed by atoms with van der Waals surface area (Å²) in [6, 6.07) is 0. The minimum Gasteiger partial charge on any atom is -0.469 e. The molecule has 1 rings (SSSR count). The normalized spacial score (nSPS) is 23.8. The van der Waals surface area contributed by atoms with Gasteiger partial charge in [0.1, 0.15) is 0 Å². The smallest absolute Gasteiger partial charge is 0.314 e. The fourth-order valence-electron chi connectivity index (χ4n) is 2.27. The maximum atomic E-state index is 11.6. The van der Waals surface area contributed by atoms with Crippen LogP contribution in [-0.4, -0.2) is 26.2 Å². The van der Waals surface area contributed by atoms with Crippen molar-refractivity contribution in [3.63, 3.8) is 0 Å². The van der Waals surface area contributed by atoms with E-state index in [4.69, 9.17) is 9.47 Å². The first-order valence-electron chi connectivity index (χ1n) is 5.43. The van der Waals surface area contributed by atoms with E-state index in [9.17, 15) is 9.59 Å². The monoisotopic (exact) mass is 226 g/mol. The molecule has 0 radical (unpaired) electrons. The molecule has 0 unspecified atom stereocenters. The molecule has 1 aliphatic carbocycles. The molecule has 0 bridgehead atoms. The van der Waals surface area contributed by atoms with Crippen molar-refractivity contribution in [1.82, 2.24) is 0 Å². The summed E-state index contributed by atoms with van der Waals surface area (Å²) in [7, 11) is 2.68. The Morgan fingerprint density at radius 2 is 1.62 bits per heavy atom. The molecule has 4 heteroatoms. The second kappa shape index (κ2) is 5.14. The molecule has 0 saturated heterocycles. The van der Waals surface area contributed by atoms with Crippen LogP contribution >= 0.6 is 0 Å². The quantitative estimate of drug-likeness (QED) is 0.540. The van der Waals surface area contributed by atoms with Crippen LogP contribution in [0.3, 0.4) is 0 Å². The van der Waals surface area contributed by atoms with Gasteiger partial charge in [0.05, 0.1) is 26.1 Å². The van der Waals surface area contributed by atoms with Gasteiger partial charge in [-0.05, 0) is 13.3 Å². The molecular formula is C12H18O4. The Bertz CT molecular complexity index is 330. The first-order valence-corrected chi connectivity index (χ1v) is 5.43. The number of carbonyl (C=O) groups is 2. The maximum absolute atomic E-state index is 11.6. The highest BCUT2D eigenvalue weighted by atomic mass is 16.5. The average molecular weight is 226 g/mol. The number of carbonyl (C=O) groups excluding carboxylic acids is 2. The van der Waals surface area contributed by atoms with E-state index in [1.165, 1.54) is 14.2 Å². The zero-order valence-corrected chi connectivity index (χ0v) is 10.2. The second-order valence-corrected chi connectivity index (χ2v) is 3.96. The van der Waals surface area contributed by atoms with E-state index in [0.29, 0.717) is 0 Å².